The zero-order chi connectivity index (χ0) is 25.8. The van der Waals surface area contributed by atoms with Gasteiger partial charge in [-0.1, -0.05) is 48.0 Å². The van der Waals surface area contributed by atoms with Gasteiger partial charge in [0, 0.05) is 0 Å². The number of carbonyl (C=O) groups excluding carboxylic acids is 3. The summed E-state index contributed by atoms with van der Waals surface area (Å²) in [6.07, 6.45) is 1.46. The monoisotopic (exact) mass is 596 g/mol. The molecule has 4 rings (SSSR count). The van der Waals surface area contributed by atoms with Crippen molar-refractivity contribution in [2.24, 2.45) is 0 Å². The fourth-order valence-electron chi connectivity index (χ4n) is 3.90. The van der Waals surface area contributed by atoms with Gasteiger partial charge < -0.3 is 9.47 Å². The number of amides is 4. The Morgan fingerprint density at radius 2 is 1.72 bits per heavy atom. The largest absolute Gasteiger partial charge is 0.490 e. The van der Waals surface area contributed by atoms with Gasteiger partial charge in [0.2, 0.25) is 0 Å². The fourth-order valence-corrected chi connectivity index (χ4v) is 4.68. The van der Waals surface area contributed by atoms with Crippen LogP contribution in [0.4, 0.5) is 10.5 Å². The van der Waals surface area contributed by atoms with Crippen molar-refractivity contribution >= 4 is 52.2 Å². The minimum atomic E-state index is -0.775. The number of ether oxygens (including phenoxy) is 2. The van der Waals surface area contributed by atoms with E-state index in [2.05, 4.69) is 27.9 Å². The second-order valence-corrected chi connectivity index (χ2v) is 9.45. The molecule has 0 saturated carbocycles. The second kappa shape index (κ2) is 10.9. The lowest BCUT2D eigenvalue weighted by molar-refractivity contribution is -0.122. The standard InChI is InChI=1S/C28H25IN2O5/c1-4-35-24-15-20(14-22(29)25(24)36-16-19-8-6-5-7-9-19)13-21-26(32)30-28(34)31(27(21)33)23-11-10-17(2)12-18(23)3/h5-15H,4,16H2,1-3H3,(H,30,32,34)/b21-13+. The summed E-state index contributed by atoms with van der Waals surface area (Å²) in [6.45, 7) is 6.38. The molecule has 4 amide bonds. The van der Waals surface area contributed by atoms with Gasteiger partial charge >= 0.3 is 6.03 Å². The van der Waals surface area contributed by atoms with Crippen molar-refractivity contribution in [1.29, 1.82) is 0 Å². The third-order valence-corrected chi connectivity index (χ3v) is 6.36. The number of aryl methyl sites for hydroxylation is 2. The van der Waals surface area contributed by atoms with Gasteiger partial charge in [0.25, 0.3) is 11.8 Å². The van der Waals surface area contributed by atoms with Crippen molar-refractivity contribution in [3.63, 3.8) is 0 Å². The molecule has 0 aliphatic carbocycles. The number of rotatable bonds is 7. The van der Waals surface area contributed by atoms with E-state index in [4.69, 9.17) is 9.47 Å². The molecule has 184 valence electrons. The van der Waals surface area contributed by atoms with E-state index in [-0.39, 0.29) is 5.57 Å². The Morgan fingerprint density at radius 1 is 0.972 bits per heavy atom. The molecule has 0 radical (unpaired) electrons. The van der Waals surface area contributed by atoms with Crippen LogP contribution in [-0.2, 0) is 16.2 Å². The van der Waals surface area contributed by atoms with E-state index in [1.807, 2.05) is 63.2 Å². The minimum absolute atomic E-state index is 0.147. The van der Waals surface area contributed by atoms with E-state index in [0.717, 1.165) is 25.2 Å². The Bertz CT molecular complexity index is 1370. The molecule has 7 nitrogen and oxygen atoms in total. The summed E-state index contributed by atoms with van der Waals surface area (Å²) in [4.78, 5) is 39.6. The lowest BCUT2D eigenvalue weighted by Crippen LogP contribution is -2.54. The maximum absolute atomic E-state index is 13.3. The Balaban J connectivity index is 1.68. The van der Waals surface area contributed by atoms with Gasteiger partial charge in [-0.05, 0) is 84.3 Å². The van der Waals surface area contributed by atoms with Gasteiger partial charge in [0.15, 0.2) is 11.5 Å². The van der Waals surface area contributed by atoms with Crippen molar-refractivity contribution in [2.75, 3.05) is 11.5 Å². The zero-order valence-electron chi connectivity index (χ0n) is 20.1. The molecule has 0 spiro atoms. The van der Waals surface area contributed by atoms with Crippen LogP contribution < -0.4 is 19.7 Å². The second-order valence-electron chi connectivity index (χ2n) is 8.29. The van der Waals surface area contributed by atoms with E-state index in [1.165, 1.54) is 6.08 Å². The van der Waals surface area contributed by atoms with Crippen molar-refractivity contribution < 1.29 is 23.9 Å². The molecule has 3 aromatic carbocycles. The normalized spacial score (nSPS) is 14.7. The smallest absolute Gasteiger partial charge is 0.335 e. The van der Waals surface area contributed by atoms with Crippen LogP contribution in [0.5, 0.6) is 11.5 Å². The van der Waals surface area contributed by atoms with Crippen molar-refractivity contribution in [3.8, 4) is 11.5 Å². The number of nitrogens with zero attached hydrogens (tertiary/aromatic N) is 1. The summed E-state index contributed by atoms with van der Waals surface area (Å²) in [7, 11) is 0. The first-order valence-electron chi connectivity index (χ1n) is 11.4. The first kappa shape index (κ1) is 25.4. The summed E-state index contributed by atoms with van der Waals surface area (Å²) in [5.41, 5.74) is 3.62. The topological polar surface area (TPSA) is 84.9 Å². The van der Waals surface area contributed by atoms with E-state index in [1.54, 1.807) is 18.2 Å². The Kier molecular flexibility index (Phi) is 7.73. The van der Waals surface area contributed by atoms with Crippen molar-refractivity contribution in [2.45, 2.75) is 27.4 Å². The number of hydrogen-bond donors (Lipinski definition) is 1. The van der Waals surface area contributed by atoms with Gasteiger partial charge in [-0.3, -0.25) is 14.9 Å². The number of imide groups is 2. The molecule has 3 aromatic rings. The third kappa shape index (κ3) is 5.43. The average molecular weight is 596 g/mol. The SMILES string of the molecule is CCOc1cc(/C=C2\C(=O)NC(=O)N(c3ccc(C)cc3C)C2=O)cc(I)c1OCc1ccccc1. The molecule has 0 atom stereocenters. The Hall–Kier alpha value is -3.66. The van der Waals surface area contributed by atoms with E-state index < -0.39 is 17.8 Å². The Labute approximate surface area is 223 Å². The number of benzene rings is 3. The molecule has 1 aliphatic heterocycles. The minimum Gasteiger partial charge on any atom is -0.490 e. The van der Waals surface area contributed by atoms with E-state index in [9.17, 15) is 14.4 Å². The van der Waals surface area contributed by atoms with Crippen LogP contribution in [0.15, 0.2) is 66.2 Å². The predicted octanol–water partition coefficient (Wildman–Crippen LogP) is 5.55. The molecular formula is C28H25IN2O5. The molecule has 0 unspecified atom stereocenters. The lowest BCUT2D eigenvalue weighted by atomic mass is 10.0. The quantitative estimate of drug-likeness (QED) is 0.220. The zero-order valence-corrected chi connectivity index (χ0v) is 22.3. The summed E-state index contributed by atoms with van der Waals surface area (Å²) in [5, 5.41) is 2.28. The number of carbonyl (C=O) groups is 3. The van der Waals surface area contributed by atoms with Crippen LogP contribution >= 0.6 is 22.6 Å². The highest BCUT2D eigenvalue weighted by atomic mass is 127. The average Bonchev–Trinajstić information content (AvgIpc) is 2.83. The van der Waals surface area contributed by atoms with Crippen LogP contribution in [0.25, 0.3) is 6.08 Å². The third-order valence-electron chi connectivity index (χ3n) is 5.56. The van der Waals surface area contributed by atoms with Gasteiger partial charge in [0.05, 0.1) is 15.9 Å². The van der Waals surface area contributed by atoms with Crippen LogP contribution in [0.1, 0.15) is 29.2 Å². The van der Waals surface area contributed by atoms with E-state index >= 15 is 0 Å². The molecule has 36 heavy (non-hydrogen) atoms. The van der Waals surface area contributed by atoms with Crippen LogP contribution in [0.3, 0.4) is 0 Å². The maximum Gasteiger partial charge on any atom is 0.335 e. The number of urea groups is 1. The predicted molar refractivity (Wildman–Crippen MR) is 146 cm³/mol. The molecule has 1 saturated heterocycles. The van der Waals surface area contributed by atoms with Gasteiger partial charge in [-0.2, -0.15) is 0 Å². The summed E-state index contributed by atoms with van der Waals surface area (Å²) in [6, 6.07) is 17.9. The molecule has 1 N–H and O–H groups in total. The first-order valence-corrected chi connectivity index (χ1v) is 12.5. The highest BCUT2D eigenvalue weighted by Gasteiger charge is 2.37. The molecule has 0 aromatic heterocycles. The van der Waals surface area contributed by atoms with Crippen LogP contribution in [-0.4, -0.2) is 24.5 Å². The summed E-state index contributed by atoms with van der Waals surface area (Å²) >= 11 is 2.14. The molecular weight excluding hydrogens is 571 g/mol. The molecule has 0 bridgehead atoms. The highest BCUT2D eigenvalue weighted by Crippen LogP contribution is 2.36. The van der Waals surface area contributed by atoms with Gasteiger partial charge in [-0.25, -0.2) is 9.69 Å². The maximum atomic E-state index is 13.3. The van der Waals surface area contributed by atoms with Gasteiger partial charge in [0.1, 0.15) is 12.2 Å². The number of anilines is 1. The summed E-state index contributed by atoms with van der Waals surface area (Å²) in [5.74, 6) is -0.357. The van der Waals surface area contributed by atoms with Gasteiger partial charge in [-0.15, -0.1) is 0 Å². The van der Waals surface area contributed by atoms with Crippen molar-refractivity contribution in [1.82, 2.24) is 5.32 Å². The summed E-state index contributed by atoms with van der Waals surface area (Å²) < 4.78 is 12.6. The van der Waals surface area contributed by atoms with Crippen LogP contribution in [0, 0.1) is 17.4 Å². The highest BCUT2D eigenvalue weighted by molar-refractivity contribution is 14.1. The first-order chi connectivity index (χ1) is 17.3. The lowest BCUT2D eigenvalue weighted by Gasteiger charge is -2.27. The Morgan fingerprint density at radius 3 is 2.42 bits per heavy atom. The molecule has 1 heterocycles. The van der Waals surface area contributed by atoms with Crippen molar-refractivity contribution in [3.05, 3.63) is 92.1 Å². The van der Waals surface area contributed by atoms with Crippen LogP contribution in [0.2, 0.25) is 0 Å². The number of nitrogens with one attached hydrogen (secondary N) is 1. The number of barbiturate groups is 1. The molecule has 1 fully saturated rings. The fraction of sp³-hybridized carbons (Fsp3) is 0.179. The number of hydrogen-bond acceptors (Lipinski definition) is 5. The van der Waals surface area contributed by atoms with E-state index in [0.29, 0.717) is 36.0 Å². The molecule has 1 aliphatic rings. The number of halogens is 1. The molecule has 8 heteroatoms.